The Labute approximate surface area is 122 Å². The highest BCUT2D eigenvalue weighted by atomic mass is 16.5. The van der Waals surface area contributed by atoms with Crippen LogP contribution in [0.25, 0.3) is 0 Å². The zero-order chi connectivity index (χ0) is 14.9. The van der Waals surface area contributed by atoms with E-state index in [0.717, 1.165) is 5.57 Å². The van der Waals surface area contributed by atoms with Crippen molar-refractivity contribution in [1.29, 1.82) is 0 Å². The largest absolute Gasteiger partial charge is 0.463 e. The highest BCUT2D eigenvalue weighted by molar-refractivity contribution is 6.12. The summed E-state index contributed by atoms with van der Waals surface area (Å²) in [6.45, 7) is 1.04. The van der Waals surface area contributed by atoms with Crippen molar-refractivity contribution in [2.75, 3.05) is 27.2 Å². The molecule has 0 amide bonds. The second-order valence-corrected chi connectivity index (χ2v) is 5.33. The number of ether oxygens (including phenoxy) is 1. The number of hydrogen-bond donors (Lipinski definition) is 0. The van der Waals surface area contributed by atoms with E-state index < -0.39 is 5.41 Å². The van der Waals surface area contributed by atoms with Crippen LogP contribution in [0.2, 0.25) is 0 Å². The average Bonchev–Trinajstić information content (AvgIpc) is 2.90. The third-order valence-corrected chi connectivity index (χ3v) is 3.56. The average molecular weight is 284 g/mol. The second-order valence-electron chi connectivity index (χ2n) is 5.33. The summed E-state index contributed by atoms with van der Waals surface area (Å²) in [7, 11) is 3.87. The predicted molar refractivity (Wildman–Crippen MR) is 78.7 cm³/mol. The fourth-order valence-corrected chi connectivity index (χ4v) is 2.37. The topological polar surface area (TPSA) is 66.6 Å². The van der Waals surface area contributed by atoms with Crippen molar-refractivity contribution >= 4 is 11.7 Å². The van der Waals surface area contributed by atoms with Gasteiger partial charge in [-0.15, -0.1) is 10.2 Å². The van der Waals surface area contributed by atoms with Gasteiger partial charge in [0.2, 0.25) is 0 Å². The van der Waals surface area contributed by atoms with E-state index in [2.05, 4.69) is 15.4 Å². The van der Waals surface area contributed by atoms with Gasteiger partial charge in [-0.25, -0.2) is 0 Å². The highest BCUT2D eigenvalue weighted by Gasteiger charge is 2.43. The van der Waals surface area contributed by atoms with Crippen molar-refractivity contribution in [1.82, 2.24) is 4.90 Å². The molecule has 0 radical (unpaired) electrons. The van der Waals surface area contributed by atoms with Gasteiger partial charge in [0, 0.05) is 6.54 Å². The molecular weight excluding hydrogens is 268 g/mol. The number of carbonyl (C=O) groups excluding carboxylic acids is 1. The Morgan fingerprint density at radius 3 is 3.05 bits per heavy atom. The number of rotatable bonds is 4. The summed E-state index contributed by atoms with van der Waals surface area (Å²) in [5.41, 5.74) is 1.21. The van der Waals surface area contributed by atoms with Crippen LogP contribution in [0.15, 0.2) is 63.2 Å². The molecule has 1 heterocycles. The minimum Gasteiger partial charge on any atom is -0.463 e. The Morgan fingerprint density at radius 1 is 1.38 bits per heavy atom. The Kier molecular flexibility index (Phi) is 3.39. The van der Waals surface area contributed by atoms with Crippen molar-refractivity contribution in [2.24, 2.45) is 20.9 Å². The Hall–Kier alpha value is -2.34. The summed E-state index contributed by atoms with van der Waals surface area (Å²) < 4.78 is 5.44. The first-order valence-electron chi connectivity index (χ1n) is 6.74. The summed E-state index contributed by atoms with van der Waals surface area (Å²) in [5, 5.41) is 11.5. The highest BCUT2D eigenvalue weighted by Crippen LogP contribution is 2.41. The SMILES string of the molecule is CN(C)CCOC(=O)C12C=CC=CC1=CC1=NN=NC1=C2. The lowest BCUT2D eigenvalue weighted by Crippen LogP contribution is -2.36. The molecule has 3 aliphatic rings. The molecule has 3 rings (SSSR count). The number of likely N-dealkylation sites (N-methyl/N-ethyl adjacent to an activating group) is 1. The molecule has 0 bridgehead atoms. The molecule has 6 nitrogen and oxygen atoms in total. The summed E-state index contributed by atoms with van der Waals surface area (Å²) in [4.78, 5) is 14.6. The third kappa shape index (κ3) is 2.38. The first-order valence-corrected chi connectivity index (χ1v) is 6.74. The minimum atomic E-state index is -0.918. The molecule has 108 valence electrons. The number of carbonyl (C=O) groups is 1. The zero-order valence-electron chi connectivity index (χ0n) is 12.0. The van der Waals surface area contributed by atoms with Crippen LogP contribution in [0.5, 0.6) is 0 Å². The van der Waals surface area contributed by atoms with Gasteiger partial charge in [-0.3, -0.25) is 4.79 Å². The summed E-state index contributed by atoms with van der Waals surface area (Å²) in [6.07, 6.45) is 11.1. The van der Waals surface area contributed by atoms with Crippen LogP contribution in [-0.2, 0) is 9.53 Å². The van der Waals surface area contributed by atoms with Gasteiger partial charge in [0.25, 0.3) is 0 Å². The lowest BCUT2D eigenvalue weighted by molar-refractivity contribution is -0.149. The van der Waals surface area contributed by atoms with Crippen LogP contribution in [0.4, 0.5) is 0 Å². The Bertz CT molecular complexity index is 653. The number of fused-ring (bicyclic) bond motifs is 2. The molecule has 1 atom stereocenters. The summed E-state index contributed by atoms with van der Waals surface area (Å²) in [5.74, 6) is -0.301. The van der Waals surface area contributed by atoms with Crippen LogP contribution < -0.4 is 0 Å². The van der Waals surface area contributed by atoms with E-state index >= 15 is 0 Å². The first-order chi connectivity index (χ1) is 10.1. The maximum absolute atomic E-state index is 12.6. The Morgan fingerprint density at radius 2 is 2.24 bits per heavy atom. The molecule has 0 aromatic rings. The lowest BCUT2D eigenvalue weighted by atomic mass is 9.73. The van der Waals surface area contributed by atoms with Crippen molar-refractivity contribution < 1.29 is 9.53 Å². The van der Waals surface area contributed by atoms with Crippen molar-refractivity contribution in [3.8, 4) is 0 Å². The number of nitrogens with zero attached hydrogens (tertiary/aromatic N) is 4. The van der Waals surface area contributed by atoms with Gasteiger partial charge in [-0.2, -0.15) is 0 Å². The van der Waals surface area contributed by atoms with E-state index in [1.807, 2.05) is 49.4 Å². The van der Waals surface area contributed by atoms with Gasteiger partial charge in [0.05, 0.1) is 0 Å². The first kappa shape index (κ1) is 13.6. The normalized spacial score (nSPS) is 25.2. The molecule has 0 aromatic carbocycles. The monoisotopic (exact) mass is 284 g/mol. The molecule has 0 saturated heterocycles. The molecule has 1 unspecified atom stereocenters. The van der Waals surface area contributed by atoms with E-state index in [9.17, 15) is 4.79 Å². The van der Waals surface area contributed by atoms with E-state index in [1.165, 1.54) is 0 Å². The molecule has 1 aliphatic heterocycles. The second kappa shape index (κ2) is 5.21. The van der Waals surface area contributed by atoms with Crippen LogP contribution in [0.3, 0.4) is 0 Å². The predicted octanol–water partition coefficient (Wildman–Crippen LogP) is 1.85. The molecule has 0 aromatic heterocycles. The van der Waals surface area contributed by atoms with E-state index in [4.69, 9.17) is 4.74 Å². The molecule has 6 heteroatoms. The number of allylic oxidation sites excluding steroid dienone is 4. The van der Waals surface area contributed by atoms with Gasteiger partial charge in [-0.1, -0.05) is 24.3 Å². The molecule has 0 fully saturated rings. The van der Waals surface area contributed by atoms with Gasteiger partial charge in [0.15, 0.2) is 0 Å². The number of hydrogen-bond acceptors (Lipinski definition) is 6. The smallest absolute Gasteiger partial charge is 0.324 e. The van der Waals surface area contributed by atoms with Gasteiger partial charge in [0.1, 0.15) is 23.4 Å². The van der Waals surface area contributed by atoms with E-state index in [-0.39, 0.29) is 5.97 Å². The van der Waals surface area contributed by atoms with Gasteiger partial charge >= 0.3 is 5.97 Å². The van der Waals surface area contributed by atoms with E-state index in [0.29, 0.717) is 24.6 Å². The quantitative estimate of drug-likeness (QED) is 0.740. The van der Waals surface area contributed by atoms with Crippen LogP contribution >= 0.6 is 0 Å². The molecule has 0 spiro atoms. The molecular formula is C15H16N4O2. The van der Waals surface area contributed by atoms with Crippen molar-refractivity contribution in [3.05, 3.63) is 47.7 Å². The number of esters is 1. The zero-order valence-corrected chi connectivity index (χ0v) is 12.0. The minimum absolute atomic E-state index is 0.301. The molecule has 21 heavy (non-hydrogen) atoms. The van der Waals surface area contributed by atoms with E-state index in [1.54, 1.807) is 6.08 Å². The Balaban J connectivity index is 1.88. The van der Waals surface area contributed by atoms with Gasteiger partial charge < -0.3 is 9.64 Å². The molecule has 2 aliphatic carbocycles. The maximum atomic E-state index is 12.6. The fraction of sp³-hybridized carbons (Fsp3) is 0.333. The van der Waals surface area contributed by atoms with Gasteiger partial charge in [-0.05, 0) is 37.0 Å². The summed E-state index contributed by atoms with van der Waals surface area (Å²) >= 11 is 0. The molecule has 0 N–H and O–H groups in total. The third-order valence-electron chi connectivity index (χ3n) is 3.56. The van der Waals surface area contributed by atoms with Crippen molar-refractivity contribution in [3.63, 3.8) is 0 Å². The maximum Gasteiger partial charge on any atom is 0.324 e. The van der Waals surface area contributed by atoms with Crippen LogP contribution in [-0.4, -0.2) is 43.8 Å². The van der Waals surface area contributed by atoms with Crippen LogP contribution in [0.1, 0.15) is 0 Å². The van der Waals surface area contributed by atoms with Crippen LogP contribution in [0, 0.1) is 5.41 Å². The lowest BCUT2D eigenvalue weighted by Gasteiger charge is -2.31. The van der Waals surface area contributed by atoms with Crippen molar-refractivity contribution in [2.45, 2.75) is 0 Å². The standard InChI is InChI=1S/C15H16N4O2/c1-19(2)7-8-21-14(20)15-6-4-3-5-11(15)9-12-13(10-15)17-18-16-12/h3-6,9-10H,7-8H2,1-2H3. The fourth-order valence-electron chi connectivity index (χ4n) is 2.37. The molecule has 0 saturated carbocycles. The summed E-state index contributed by atoms with van der Waals surface area (Å²) in [6, 6.07) is 0.